The van der Waals surface area contributed by atoms with Gasteiger partial charge in [0.25, 0.3) is 0 Å². The van der Waals surface area contributed by atoms with Crippen LogP contribution >= 0.6 is 0 Å². The molecule has 0 aliphatic rings. The van der Waals surface area contributed by atoms with Crippen molar-refractivity contribution in [3.63, 3.8) is 0 Å². The van der Waals surface area contributed by atoms with E-state index in [0.29, 0.717) is 0 Å². The third-order valence-electron chi connectivity index (χ3n) is 2.04. The summed E-state index contributed by atoms with van der Waals surface area (Å²) < 4.78 is 0. The fourth-order valence-electron chi connectivity index (χ4n) is 1.43. The minimum atomic E-state index is 0.736. The number of benzene rings is 1. The van der Waals surface area contributed by atoms with Crippen LogP contribution in [0.25, 0.3) is 0 Å². The molecule has 0 unspecified atom stereocenters. The monoisotopic (exact) mass is 161 g/mol. The highest BCUT2D eigenvalue weighted by Gasteiger charge is 2.00. The Morgan fingerprint density at radius 1 is 1.33 bits per heavy atom. The largest absolute Gasteiger partial charge is 0.0625 e. The zero-order chi connectivity index (χ0) is 9.14. The Kier molecular flexibility index (Phi) is 2.91. The van der Waals surface area contributed by atoms with Crippen molar-refractivity contribution in [2.24, 2.45) is 5.92 Å². The summed E-state index contributed by atoms with van der Waals surface area (Å²) in [5.41, 5.74) is 4.08. The van der Waals surface area contributed by atoms with E-state index in [1.54, 1.807) is 0 Å². The predicted molar refractivity (Wildman–Crippen MR) is 53.3 cm³/mol. The third kappa shape index (κ3) is 2.37. The van der Waals surface area contributed by atoms with E-state index in [0.717, 1.165) is 5.92 Å². The van der Waals surface area contributed by atoms with Crippen LogP contribution in [0.3, 0.4) is 0 Å². The molecule has 1 aromatic rings. The first kappa shape index (κ1) is 9.31. The van der Waals surface area contributed by atoms with Crippen molar-refractivity contribution in [3.8, 4) is 0 Å². The number of hydrogen-bond acceptors (Lipinski definition) is 0. The van der Waals surface area contributed by atoms with Crippen molar-refractivity contribution in [3.05, 3.63) is 34.9 Å². The van der Waals surface area contributed by atoms with Crippen molar-refractivity contribution in [2.75, 3.05) is 0 Å². The Morgan fingerprint density at radius 3 is 2.50 bits per heavy atom. The molecule has 0 bridgehead atoms. The summed E-state index contributed by atoms with van der Waals surface area (Å²) in [7, 11) is 0. The fraction of sp³-hybridized carbons (Fsp3) is 0.500. The van der Waals surface area contributed by atoms with Crippen LogP contribution in [0.4, 0.5) is 0 Å². The summed E-state index contributed by atoms with van der Waals surface area (Å²) in [4.78, 5) is 0. The van der Waals surface area contributed by atoms with Crippen molar-refractivity contribution in [1.29, 1.82) is 0 Å². The first-order valence-corrected chi connectivity index (χ1v) is 4.57. The van der Waals surface area contributed by atoms with E-state index in [1.807, 2.05) is 0 Å². The van der Waals surface area contributed by atoms with Crippen LogP contribution in [0.1, 0.15) is 30.5 Å². The maximum Gasteiger partial charge on any atom is -0.0149 e. The smallest absolute Gasteiger partial charge is 0.0149 e. The maximum atomic E-state index is 3.25. The van der Waals surface area contributed by atoms with Crippen LogP contribution in [-0.4, -0.2) is 0 Å². The van der Waals surface area contributed by atoms with Gasteiger partial charge in [-0.05, 0) is 48.9 Å². The summed E-state index contributed by atoms with van der Waals surface area (Å²) in [5.74, 6) is 0.736. The molecule has 0 amide bonds. The second-order valence-electron chi connectivity index (χ2n) is 3.92. The molecule has 0 atom stereocenters. The standard InChI is InChI=1S/C12H17/c1-9(2)7-12-6-5-10(3)8-11(12)4/h6,8-9H,7H2,1-4H3. The zero-order valence-electron chi connectivity index (χ0n) is 8.44. The summed E-state index contributed by atoms with van der Waals surface area (Å²) in [5, 5.41) is 0. The fourth-order valence-corrected chi connectivity index (χ4v) is 1.43. The number of aryl methyl sites for hydroxylation is 2. The molecule has 0 aromatic heterocycles. The van der Waals surface area contributed by atoms with Gasteiger partial charge in [-0.3, -0.25) is 0 Å². The Hall–Kier alpha value is -0.780. The van der Waals surface area contributed by atoms with Crippen LogP contribution in [0.5, 0.6) is 0 Å². The molecule has 0 spiro atoms. The first-order valence-electron chi connectivity index (χ1n) is 4.57. The van der Waals surface area contributed by atoms with Gasteiger partial charge in [0.1, 0.15) is 0 Å². The summed E-state index contributed by atoms with van der Waals surface area (Å²) in [6.45, 7) is 8.77. The van der Waals surface area contributed by atoms with E-state index in [9.17, 15) is 0 Å². The summed E-state index contributed by atoms with van der Waals surface area (Å²) >= 11 is 0. The lowest BCUT2D eigenvalue weighted by molar-refractivity contribution is 0.645. The van der Waals surface area contributed by atoms with Gasteiger partial charge < -0.3 is 0 Å². The van der Waals surface area contributed by atoms with Crippen LogP contribution in [0.15, 0.2) is 12.1 Å². The molecule has 0 heteroatoms. The van der Waals surface area contributed by atoms with Crippen molar-refractivity contribution >= 4 is 0 Å². The van der Waals surface area contributed by atoms with Gasteiger partial charge in [-0.15, -0.1) is 0 Å². The van der Waals surface area contributed by atoms with Crippen LogP contribution in [0, 0.1) is 25.8 Å². The molecule has 0 aliphatic heterocycles. The van der Waals surface area contributed by atoms with Gasteiger partial charge in [-0.25, -0.2) is 0 Å². The molecule has 1 radical (unpaired) electrons. The van der Waals surface area contributed by atoms with E-state index < -0.39 is 0 Å². The molecule has 0 heterocycles. The van der Waals surface area contributed by atoms with Gasteiger partial charge in [-0.2, -0.15) is 0 Å². The van der Waals surface area contributed by atoms with Gasteiger partial charge in [0, 0.05) is 0 Å². The van der Waals surface area contributed by atoms with Crippen molar-refractivity contribution in [1.82, 2.24) is 0 Å². The van der Waals surface area contributed by atoms with Crippen molar-refractivity contribution in [2.45, 2.75) is 34.1 Å². The third-order valence-corrected chi connectivity index (χ3v) is 2.04. The molecule has 0 aliphatic carbocycles. The topological polar surface area (TPSA) is 0 Å². The van der Waals surface area contributed by atoms with Gasteiger partial charge in [0.05, 0.1) is 0 Å². The van der Waals surface area contributed by atoms with Gasteiger partial charge in [0.2, 0.25) is 0 Å². The normalized spacial score (nSPS) is 10.8. The quantitative estimate of drug-likeness (QED) is 0.624. The van der Waals surface area contributed by atoms with Gasteiger partial charge >= 0.3 is 0 Å². The van der Waals surface area contributed by atoms with E-state index in [1.165, 1.54) is 23.1 Å². The lowest BCUT2D eigenvalue weighted by Gasteiger charge is -2.08. The Labute approximate surface area is 75.6 Å². The second kappa shape index (κ2) is 3.75. The highest BCUT2D eigenvalue weighted by atomic mass is 14.1. The van der Waals surface area contributed by atoms with Crippen molar-refractivity contribution < 1.29 is 0 Å². The Morgan fingerprint density at radius 2 is 2.00 bits per heavy atom. The van der Waals surface area contributed by atoms with E-state index in [2.05, 4.69) is 45.9 Å². The highest BCUT2D eigenvalue weighted by molar-refractivity contribution is 5.29. The van der Waals surface area contributed by atoms with E-state index >= 15 is 0 Å². The Bertz CT molecular complexity index is 259. The number of hydrogen-bond donors (Lipinski definition) is 0. The number of rotatable bonds is 2. The highest BCUT2D eigenvalue weighted by Crippen LogP contribution is 2.14. The SMILES string of the molecule is Cc1[c]cc(CC(C)C)c(C)c1. The first-order chi connectivity index (χ1) is 5.59. The summed E-state index contributed by atoms with van der Waals surface area (Å²) in [6.07, 6.45) is 1.17. The van der Waals surface area contributed by atoms with E-state index in [-0.39, 0.29) is 0 Å². The predicted octanol–water partition coefficient (Wildman–Crippen LogP) is 3.30. The molecule has 1 aromatic carbocycles. The average Bonchev–Trinajstić information content (AvgIpc) is 1.94. The average molecular weight is 161 g/mol. The molecular formula is C12H17. The Balaban J connectivity index is 2.86. The molecule has 0 saturated carbocycles. The minimum Gasteiger partial charge on any atom is -0.0625 e. The van der Waals surface area contributed by atoms with Gasteiger partial charge in [0.15, 0.2) is 0 Å². The molecule has 65 valence electrons. The zero-order valence-corrected chi connectivity index (χ0v) is 8.44. The molecular weight excluding hydrogens is 144 g/mol. The molecule has 0 saturated heterocycles. The maximum absolute atomic E-state index is 3.25. The molecule has 0 fully saturated rings. The van der Waals surface area contributed by atoms with Crippen LogP contribution in [-0.2, 0) is 6.42 Å². The van der Waals surface area contributed by atoms with Gasteiger partial charge in [-0.1, -0.05) is 26.0 Å². The minimum absolute atomic E-state index is 0.736. The molecule has 0 N–H and O–H groups in total. The lowest BCUT2D eigenvalue weighted by atomic mass is 9.97. The molecule has 12 heavy (non-hydrogen) atoms. The molecule has 1 rings (SSSR count). The summed E-state index contributed by atoms with van der Waals surface area (Å²) in [6, 6.07) is 7.58. The van der Waals surface area contributed by atoms with Crippen LogP contribution < -0.4 is 0 Å². The van der Waals surface area contributed by atoms with E-state index in [4.69, 9.17) is 0 Å². The molecule has 0 nitrogen and oxygen atoms in total. The lowest BCUT2D eigenvalue weighted by Crippen LogP contribution is -1.96. The van der Waals surface area contributed by atoms with Crippen LogP contribution in [0.2, 0.25) is 0 Å². The second-order valence-corrected chi connectivity index (χ2v) is 3.92.